The van der Waals surface area contributed by atoms with E-state index in [2.05, 4.69) is 24.0 Å². The summed E-state index contributed by atoms with van der Waals surface area (Å²) in [7, 11) is 1.71. The summed E-state index contributed by atoms with van der Waals surface area (Å²) in [5.41, 5.74) is 7.73. The molecule has 3 nitrogen and oxygen atoms in total. The number of nitrogens with zero attached hydrogens (tertiary/aromatic N) is 1. The Morgan fingerprint density at radius 2 is 1.85 bits per heavy atom. The van der Waals surface area contributed by atoms with Crippen molar-refractivity contribution >= 4 is 0 Å². The van der Waals surface area contributed by atoms with E-state index >= 15 is 0 Å². The SMILES string of the molecule is CCN(CCc1ccc(OC)cc1)C1(CN)CCCC1. The maximum absolute atomic E-state index is 6.09. The van der Waals surface area contributed by atoms with E-state index in [-0.39, 0.29) is 5.54 Å². The molecule has 112 valence electrons. The number of rotatable bonds is 7. The van der Waals surface area contributed by atoms with Crippen LogP contribution in [0.15, 0.2) is 24.3 Å². The topological polar surface area (TPSA) is 38.5 Å². The fraction of sp³-hybridized carbons (Fsp3) is 0.647. The van der Waals surface area contributed by atoms with Crippen LogP contribution in [-0.4, -0.2) is 37.2 Å². The van der Waals surface area contributed by atoms with Crippen LogP contribution >= 0.6 is 0 Å². The first kappa shape index (κ1) is 15.3. The number of benzene rings is 1. The van der Waals surface area contributed by atoms with Gasteiger partial charge in [0.25, 0.3) is 0 Å². The zero-order valence-electron chi connectivity index (χ0n) is 12.9. The third-order valence-corrected chi connectivity index (χ3v) is 4.80. The van der Waals surface area contributed by atoms with E-state index in [0.29, 0.717) is 0 Å². The maximum Gasteiger partial charge on any atom is 0.118 e. The van der Waals surface area contributed by atoms with Gasteiger partial charge < -0.3 is 10.5 Å². The molecule has 0 aromatic heterocycles. The smallest absolute Gasteiger partial charge is 0.118 e. The Kier molecular flexibility index (Phi) is 5.44. The van der Waals surface area contributed by atoms with Crippen LogP contribution in [0.2, 0.25) is 0 Å². The number of methoxy groups -OCH3 is 1. The fourth-order valence-corrected chi connectivity index (χ4v) is 3.47. The summed E-state index contributed by atoms with van der Waals surface area (Å²) < 4.78 is 5.20. The summed E-state index contributed by atoms with van der Waals surface area (Å²) in [5, 5.41) is 0. The molecule has 0 amide bonds. The lowest BCUT2D eigenvalue weighted by Gasteiger charge is -2.40. The number of nitrogens with two attached hydrogens (primary N) is 1. The van der Waals surface area contributed by atoms with Crippen LogP contribution < -0.4 is 10.5 Å². The molecule has 0 bridgehead atoms. The Hall–Kier alpha value is -1.06. The largest absolute Gasteiger partial charge is 0.497 e. The Bertz CT molecular complexity index is 396. The van der Waals surface area contributed by atoms with Gasteiger partial charge in [-0.3, -0.25) is 4.90 Å². The summed E-state index contributed by atoms with van der Waals surface area (Å²) in [6.07, 6.45) is 6.27. The quantitative estimate of drug-likeness (QED) is 0.832. The molecule has 1 aliphatic rings. The van der Waals surface area contributed by atoms with Gasteiger partial charge in [-0.25, -0.2) is 0 Å². The van der Waals surface area contributed by atoms with Crippen molar-refractivity contribution in [2.45, 2.75) is 44.6 Å². The second kappa shape index (κ2) is 7.09. The predicted octanol–water partition coefficient (Wildman–Crippen LogP) is 2.83. The highest BCUT2D eigenvalue weighted by Crippen LogP contribution is 2.34. The maximum atomic E-state index is 6.09. The molecule has 2 N–H and O–H groups in total. The lowest BCUT2D eigenvalue weighted by molar-refractivity contribution is 0.107. The van der Waals surface area contributed by atoms with Gasteiger partial charge in [0.05, 0.1) is 7.11 Å². The number of likely N-dealkylation sites (N-methyl/N-ethyl adjacent to an activating group) is 1. The van der Waals surface area contributed by atoms with E-state index in [1.165, 1.54) is 31.2 Å². The molecule has 2 rings (SSSR count). The minimum atomic E-state index is 0.265. The minimum absolute atomic E-state index is 0.265. The second-order valence-electron chi connectivity index (χ2n) is 5.81. The zero-order chi connectivity index (χ0) is 14.4. The molecular weight excluding hydrogens is 248 g/mol. The van der Waals surface area contributed by atoms with Crippen LogP contribution in [0.4, 0.5) is 0 Å². The Morgan fingerprint density at radius 3 is 2.35 bits per heavy atom. The van der Waals surface area contributed by atoms with Crippen molar-refractivity contribution in [3.63, 3.8) is 0 Å². The van der Waals surface area contributed by atoms with E-state index in [9.17, 15) is 0 Å². The van der Waals surface area contributed by atoms with E-state index in [1.807, 2.05) is 12.1 Å². The minimum Gasteiger partial charge on any atom is -0.497 e. The third kappa shape index (κ3) is 3.33. The molecular formula is C17H28N2O. The van der Waals surface area contributed by atoms with Crippen molar-refractivity contribution in [3.05, 3.63) is 29.8 Å². The molecule has 0 aliphatic heterocycles. The Balaban J connectivity index is 1.95. The highest BCUT2D eigenvalue weighted by Gasteiger charge is 2.37. The monoisotopic (exact) mass is 276 g/mol. The average molecular weight is 276 g/mol. The molecule has 0 heterocycles. The number of hydrogen-bond acceptors (Lipinski definition) is 3. The zero-order valence-corrected chi connectivity index (χ0v) is 12.9. The summed E-state index contributed by atoms with van der Waals surface area (Å²) in [5.74, 6) is 0.926. The molecule has 1 aromatic rings. The molecule has 0 spiro atoms. The number of hydrogen-bond donors (Lipinski definition) is 1. The van der Waals surface area contributed by atoms with Crippen molar-refractivity contribution in [2.75, 3.05) is 26.7 Å². The molecule has 1 aliphatic carbocycles. The first-order valence-electron chi connectivity index (χ1n) is 7.82. The molecule has 0 atom stereocenters. The Morgan fingerprint density at radius 1 is 1.20 bits per heavy atom. The van der Waals surface area contributed by atoms with Crippen LogP contribution in [0.1, 0.15) is 38.2 Å². The summed E-state index contributed by atoms with van der Waals surface area (Å²) in [6.45, 7) is 5.24. The van der Waals surface area contributed by atoms with Crippen LogP contribution in [0.3, 0.4) is 0 Å². The standard InChI is InChI=1S/C17H28N2O/c1-3-19(17(14-18)11-4-5-12-17)13-10-15-6-8-16(20-2)9-7-15/h6-9H,3-5,10-14,18H2,1-2H3. The van der Waals surface area contributed by atoms with Gasteiger partial charge in [0, 0.05) is 18.6 Å². The first-order chi connectivity index (χ1) is 9.74. The van der Waals surface area contributed by atoms with Gasteiger partial charge in [-0.05, 0) is 43.5 Å². The van der Waals surface area contributed by atoms with E-state index in [0.717, 1.165) is 31.8 Å². The molecule has 3 heteroatoms. The molecule has 1 saturated carbocycles. The first-order valence-corrected chi connectivity index (χ1v) is 7.82. The van der Waals surface area contributed by atoms with Crippen molar-refractivity contribution in [2.24, 2.45) is 5.73 Å². The molecule has 0 saturated heterocycles. The van der Waals surface area contributed by atoms with Crippen LogP contribution in [0, 0.1) is 0 Å². The highest BCUT2D eigenvalue weighted by atomic mass is 16.5. The van der Waals surface area contributed by atoms with Gasteiger partial charge in [-0.1, -0.05) is 31.9 Å². The normalized spacial score (nSPS) is 17.6. The third-order valence-electron chi connectivity index (χ3n) is 4.80. The van der Waals surface area contributed by atoms with Crippen LogP contribution in [-0.2, 0) is 6.42 Å². The molecule has 0 radical (unpaired) electrons. The Labute approximate surface area is 123 Å². The highest BCUT2D eigenvalue weighted by molar-refractivity contribution is 5.27. The van der Waals surface area contributed by atoms with Crippen molar-refractivity contribution in [3.8, 4) is 5.75 Å². The van der Waals surface area contributed by atoms with Crippen molar-refractivity contribution in [1.29, 1.82) is 0 Å². The lowest BCUT2D eigenvalue weighted by Crippen LogP contribution is -2.52. The van der Waals surface area contributed by atoms with E-state index < -0.39 is 0 Å². The van der Waals surface area contributed by atoms with Gasteiger partial charge in [-0.15, -0.1) is 0 Å². The summed E-state index contributed by atoms with van der Waals surface area (Å²) >= 11 is 0. The molecule has 20 heavy (non-hydrogen) atoms. The van der Waals surface area contributed by atoms with Crippen LogP contribution in [0.25, 0.3) is 0 Å². The second-order valence-corrected chi connectivity index (χ2v) is 5.81. The average Bonchev–Trinajstić information content (AvgIpc) is 2.98. The number of ether oxygens (including phenoxy) is 1. The molecule has 0 unspecified atom stereocenters. The van der Waals surface area contributed by atoms with Gasteiger partial charge in [-0.2, -0.15) is 0 Å². The van der Waals surface area contributed by atoms with Crippen molar-refractivity contribution in [1.82, 2.24) is 4.90 Å². The van der Waals surface area contributed by atoms with Gasteiger partial charge in [0.2, 0.25) is 0 Å². The van der Waals surface area contributed by atoms with Gasteiger partial charge >= 0.3 is 0 Å². The molecule has 1 fully saturated rings. The van der Waals surface area contributed by atoms with Crippen molar-refractivity contribution < 1.29 is 4.74 Å². The fourth-order valence-electron chi connectivity index (χ4n) is 3.47. The van der Waals surface area contributed by atoms with Crippen LogP contribution in [0.5, 0.6) is 5.75 Å². The predicted molar refractivity (Wildman–Crippen MR) is 84.2 cm³/mol. The van der Waals surface area contributed by atoms with E-state index in [4.69, 9.17) is 10.5 Å². The van der Waals surface area contributed by atoms with Gasteiger partial charge in [0.1, 0.15) is 5.75 Å². The lowest BCUT2D eigenvalue weighted by atomic mass is 9.94. The summed E-state index contributed by atoms with van der Waals surface area (Å²) in [6, 6.07) is 8.41. The summed E-state index contributed by atoms with van der Waals surface area (Å²) in [4.78, 5) is 2.60. The van der Waals surface area contributed by atoms with Gasteiger partial charge in [0.15, 0.2) is 0 Å². The molecule has 1 aromatic carbocycles. The van der Waals surface area contributed by atoms with E-state index in [1.54, 1.807) is 7.11 Å².